The number of ether oxygens (including phenoxy) is 1. The number of halogens is 3. The van der Waals surface area contributed by atoms with Crippen molar-refractivity contribution < 1.29 is 22.7 Å². The van der Waals surface area contributed by atoms with Crippen LogP contribution in [0.2, 0.25) is 0 Å². The molecule has 1 saturated heterocycles. The third kappa shape index (κ3) is 4.85. The van der Waals surface area contributed by atoms with Gasteiger partial charge in [0.15, 0.2) is 0 Å². The standard InChI is InChI=1S/C23H26F3N3O2/c1-28-9-8-18-14-17(4-7-20(18)28)21(29-10-12-31-13-11-29)15-27-22(30)16-2-5-19(6-3-16)23(24,25)26/h2-7,14,21H,8-13,15H2,1H3,(H,27,30)/t21-/m0/s1. The lowest BCUT2D eigenvalue weighted by atomic mass is 10.00. The van der Waals surface area contributed by atoms with Crippen molar-refractivity contribution in [3.63, 3.8) is 0 Å². The van der Waals surface area contributed by atoms with Gasteiger partial charge in [-0.2, -0.15) is 13.2 Å². The molecule has 5 nitrogen and oxygen atoms in total. The maximum Gasteiger partial charge on any atom is 0.416 e. The largest absolute Gasteiger partial charge is 0.416 e. The van der Waals surface area contributed by atoms with Gasteiger partial charge in [-0.3, -0.25) is 9.69 Å². The Morgan fingerprint density at radius 1 is 1.10 bits per heavy atom. The third-order valence-electron chi connectivity index (χ3n) is 6.03. The fraction of sp³-hybridized carbons (Fsp3) is 0.435. The van der Waals surface area contributed by atoms with Crippen LogP contribution in [0.4, 0.5) is 18.9 Å². The highest BCUT2D eigenvalue weighted by Gasteiger charge is 2.30. The number of morpholine rings is 1. The summed E-state index contributed by atoms with van der Waals surface area (Å²) in [5.74, 6) is -0.382. The number of nitrogens with zero attached hydrogens (tertiary/aromatic N) is 2. The van der Waals surface area contributed by atoms with Crippen molar-refractivity contribution in [1.29, 1.82) is 0 Å². The number of fused-ring (bicyclic) bond motifs is 1. The van der Waals surface area contributed by atoms with E-state index in [2.05, 4.69) is 40.4 Å². The number of benzene rings is 2. The van der Waals surface area contributed by atoms with Crippen LogP contribution < -0.4 is 10.2 Å². The summed E-state index contributed by atoms with van der Waals surface area (Å²) in [7, 11) is 2.08. The fourth-order valence-electron chi connectivity index (χ4n) is 4.24. The van der Waals surface area contributed by atoms with Gasteiger partial charge in [0.25, 0.3) is 5.91 Å². The van der Waals surface area contributed by atoms with Crippen LogP contribution in [-0.2, 0) is 17.3 Å². The fourth-order valence-corrected chi connectivity index (χ4v) is 4.24. The zero-order valence-electron chi connectivity index (χ0n) is 17.4. The van der Waals surface area contributed by atoms with Gasteiger partial charge in [-0.25, -0.2) is 0 Å². The van der Waals surface area contributed by atoms with Gasteiger partial charge in [-0.05, 0) is 47.9 Å². The Kier molecular flexibility index (Phi) is 6.20. The molecule has 166 valence electrons. The third-order valence-corrected chi connectivity index (χ3v) is 6.03. The second-order valence-corrected chi connectivity index (χ2v) is 8.01. The number of alkyl halides is 3. The van der Waals surface area contributed by atoms with E-state index in [-0.39, 0.29) is 17.5 Å². The molecule has 31 heavy (non-hydrogen) atoms. The van der Waals surface area contributed by atoms with Crippen LogP contribution >= 0.6 is 0 Å². The average molecular weight is 433 g/mol. The molecule has 1 atom stereocenters. The molecule has 1 amide bonds. The van der Waals surface area contributed by atoms with Gasteiger partial charge in [0, 0.05) is 44.5 Å². The van der Waals surface area contributed by atoms with E-state index in [1.807, 2.05) is 0 Å². The van der Waals surface area contributed by atoms with E-state index in [9.17, 15) is 18.0 Å². The molecule has 2 heterocycles. The van der Waals surface area contributed by atoms with Crippen LogP contribution in [0.15, 0.2) is 42.5 Å². The molecule has 1 N–H and O–H groups in total. The molecule has 1 fully saturated rings. The topological polar surface area (TPSA) is 44.8 Å². The minimum absolute atomic E-state index is 0.0292. The molecule has 0 aromatic heterocycles. The van der Waals surface area contributed by atoms with Gasteiger partial charge in [-0.1, -0.05) is 12.1 Å². The second-order valence-electron chi connectivity index (χ2n) is 8.01. The number of nitrogens with one attached hydrogen (secondary N) is 1. The number of likely N-dealkylation sites (N-methyl/N-ethyl adjacent to an activating group) is 1. The van der Waals surface area contributed by atoms with Crippen molar-refractivity contribution in [3.05, 3.63) is 64.7 Å². The predicted molar refractivity (Wildman–Crippen MR) is 112 cm³/mol. The van der Waals surface area contributed by atoms with E-state index >= 15 is 0 Å². The molecule has 2 aromatic carbocycles. The summed E-state index contributed by atoms with van der Waals surface area (Å²) in [6.45, 7) is 4.16. The molecule has 0 spiro atoms. The minimum Gasteiger partial charge on any atom is -0.379 e. The Morgan fingerprint density at radius 3 is 2.48 bits per heavy atom. The van der Waals surface area contributed by atoms with Crippen molar-refractivity contribution in [2.24, 2.45) is 0 Å². The number of amides is 1. The molecule has 2 aliphatic rings. The van der Waals surface area contributed by atoms with E-state index in [0.29, 0.717) is 19.8 Å². The molecule has 0 aliphatic carbocycles. The molecule has 2 aromatic rings. The Hall–Kier alpha value is -2.58. The van der Waals surface area contributed by atoms with E-state index in [1.165, 1.54) is 23.4 Å². The molecule has 0 unspecified atom stereocenters. The van der Waals surface area contributed by atoms with E-state index in [1.54, 1.807) is 0 Å². The summed E-state index contributed by atoms with van der Waals surface area (Å²) >= 11 is 0. The Morgan fingerprint density at radius 2 is 1.81 bits per heavy atom. The Labute approximate surface area is 179 Å². The van der Waals surface area contributed by atoms with Gasteiger partial charge in [0.05, 0.1) is 24.8 Å². The summed E-state index contributed by atoms with van der Waals surface area (Å²) in [5, 5.41) is 2.92. The first-order valence-electron chi connectivity index (χ1n) is 10.4. The van der Waals surface area contributed by atoms with Crippen molar-refractivity contribution in [2.75, 3.05) is 51.3 Å². The molecule has 0 saturated carbocycles. The zero-order chi connectivity index (χ0) is 22.0. The first kappa shape index (κ1) is 21.6. The number of anilines is 1. The van der Waals surface area contributed by atoms with Gasteiger partial charge in [0.2, 0.25) is 0 Å². The van der Waals surface area contributed by atoms with Crippen molar-refractivity contribution >= 4 is 11.6 Å². The van der Waals surface area contributed by atoms with E-state index < -0.39 is 11.7 Å². The van der Waals surface area contributed by atoms with Crippen molar-refractivity contribution in [2.45, 2.75) is 18.6 Å². The molecule has 0 radical (unpaired) electrons. The van der Waals surface area contributed by atoms with Gasteiger partial charge in [-0.15, -0.1) is 0 Å². The number of carbonyl (C=O) groups excluding carboxylic acids is 1. The molecule has 2 aliphatic heterocycles. The van der Waals surface area contributed by atoms with E-state index in [0.717, 1.165) is 43.8 Å². The summed E-state index contributed by atoms with van der Waals surface area (Å²) in [5.41, 5.74) is 3.11. The quantitative estimate of drug-likeness (QED) is 0.784. The van der Waals surface area contributed by atoms with Crippen LogP contribution in [-0.4, -0.2) is 57.2 Å². The zero-order valence-corrected chi connectivity index (χ0v) is 17.4. The summed E-state index contributed by atoms with van der Waals surface area (Å²) in [4.78, 5) is 17.1. The van der Waals surface area contributed by atoms with Crippen molar-refractivity contribution in [1.82, 2.24) is 10.2 Å². The molecule has 8 heteroatoms. The summed E-state index contributed by atoms with van der Waals surface area (Å²) in [6.07, 6.45) is -3.43. The SMILES string of the molecule is CN1CCc2cc([C@H](CNC(=O)c3ccc(C(F)(F)F)cc3)N3CCOCC3)ccc21. The van der Waals surface area contributed by atoms with Crippen LogP contribution in [0.5, 0.6) is 0 Å². The van der Waals surface area contributed by atoms with Crippen LogP contribution in [0.1, 0.15) is 33.1 Å². The smallest absolute Gasteiger partial charge is 0.379 e. The number of hydrogen-bond acceptors (Lipinski definition) is 4. The van der Waals surface area contributed by atoms with Gasteiger partial charge >= 0.3 is 6.18 Å². The minimum atomic E-state index is -4.42. The maximum atomic E-state index is 12.8. The van der Waals surface area contributed by atoms with Crippen LogP contribution in [0.25, 0.3) is 0 Å². The van der Waals surface area contributed by atoms with E-state index in [4.69, 9.17) is 4.74 Å². The number of rotatable bonds is 5. The average Bonchev–Trinajstić information content (AvgIpc) is 3.14. The Bertz CT molecular complexity index is 925. The maximum absolute atomic E-state index is 12.8. The lowest BCUT2D eigenvalue weighted by Crippen LogP contribution is -2.43. The highest BCUT2D eigenvalue weighted by atomic mass is 19.4. The van der Waals surface area contributed by atoms with Crippen LogP contribution in [0, 0.1) is 0 Å². The number of carbonyl (C=O) groups is 1. The molecule has 0 bridgehead atoms. The normalized spacial score (nSPS) is 18.0. The second kappa shape index (κ2) is 8.88. The molecular formula is C23H26F3N3O2. The van der Waals surface area contributed by atoms with Gasteiger partial charge < -0.3 is 15.0 Å². The molecular weight excluding hydrogens is 407 g/mol. The van der Waals surface area contributed by atoms with Crippen molar-refractivity contribution in [3.8, 4) is 0 Å². The highest BCUT2D eigenvalue weighted by molar-refractivity contribution is 5.94. The monoisotopic (exact) mass is 433 g/mol. The number of hydrogen-bond donors (Lipinski definition) is 1. The highest BCUT2D eigenvalue weighted by Crippen LogP contribution is 2.32. The first-order valence-corrected chi connectivity index (χ1v) is 10.4. The Balaban J connectivity index is 1.49. The van der Waals surface area contributed by atoms with Gasteiger partial charge in [0.1, 0.15) is 0 Å². The predicted octanol–water partition coefficient (Wildman–Crippen LogP) is 3.50. The first-order chi connectivity index (χ1) is 14.8. The van der Waals surface area contributed by atoms with Crippen LogP contribution in [0.3, 0.4) is 0 Å². The lowest BCUT2D eigenvalue weighted by molar-refractivity contribution is -0.137. The summed E-state index contributed by atoms with van der Waals surface area (Å²) in [6, 6.07) is 10.7. The summed E-state index contributed by atoms with van der Waals surface area (Å²) < 4.78 is 43.8. The molecule has 4 rings (SSSR count). The lowest BCUT2D eigenvalue weighted by Gasteiger charge is -2.35.